The second-order valence-corrected chi connectivity index (χ2v) is 9.20. The van der Waals surface area contributed by atoms with Crippen LogP contribution in [0, 0.1) is 0 Å². The number of halogens is 3. The van der Waals surface area contributed by atoms with Gasteiger partial charge in [-0.1, -0.05) is 12.1 Å². The number of carbonyl (C=O) groups excluding carboxylic acids is 1. The molecule has 176 valence electrons. The lowest BCUT2D eigenvalue weighted by molar-refractivity contribution is -0.275. The second-order valence-electron chi connectivity index (χ2n) is 7.28. The number of carbonyl (C=O) groups is 1. The van der Waals surface area contributed by atoms with Crippen LogP contribution in [-0.2, 0) is 16.3 Å². The third kappa shape index (κ3) is 5.01. The fourth-order valence-corrected chi connectivity index (χ4v) is 4.67. The van der Waals surface area contributed by atoms with Crippen molar-refractivity contribution in [1.82, 2.24) is 15.2 Å². The number of hydrogen-bond donors (Lipinski definition) is 2. The SMILES string of the molecule is O=C(CCc1ccc(S(=O)(=O)c2cc(O)ccc2OC(F)(F)F)cc1)c1cnc2[nH]ncc2c1. The van der Waals surface area contributed by atoms with Crippen LogP contribution in [0.1, 0.15) is 22.3 Å². The van der Waals surface area contributed by atoms with Gasteiger partial charge >= 0.3 is 6.36 Å². The van der Waals surface area contributed by atoms with Crippen molar-refractivity contribution >= 4 is 26.7 Å². The Hall–Kier alpha value is -3.93. The average molecular weight is 491 g/mol. The van der Waals surface area contributed by atoms with Gasteiger partial charge in [0.15, 0.2) is 11.4 Å². The molecule has 0 aliphatic carbocycles. The number of Topliss-reactive ketones (excluding diaryl/α,β-unsaturated/α-hetero) is 1. The molecule has 2 heterocycles. The van der Waals surface area contributed by atoms with Crippen molar-refractivity contribution in [2.45, 2.75) is 29.0 Å². The molecule has 0 aliphatic rings. The van der Waals surface area contributed by atoms with E-state index in [4.69, 9.17) is 0 Å². The molecule has 12 heteroatoms. The number of H-pyrrole nitrogens is 1. The van der Waals surface area contributed by atoms with E-state index >= 15 is 0 Å². The molecule has 4 aromatic rings. The summed E-state index contributed by atoms with van der Waals surface area (Å²) in [4.78, 5) is 15.5. The van der Waals surface area contributed by atoms with Gasteiger partial charge in [0.05, 0.1) is 11.1 Å². The number of ether oxygens (including phenoxy) is 1. The summed E-state index contributed by atoms with van der Waals surface area (Å²) in [5.74, 6) is -1.66. The maximum absolute atomic E-state index is 12.9. The number of nitrogens with zero attached hydrogens (tertiary/aromatic N) is 2. The molecule has 0 aliphatic heterocycles. The molecule has 0 saturated carbocycles. The van der Waals surface area contributed by atoms with E-state index < -0.39 is 32.6 Å². The zero-order chi connectivity index (χ0) is 24.5. The van der Waals surface area contributed by atoms with Gasteiger partial charge in [-0.25, -0.2) is 13.4 Å². The van der Waals surface area contributed by atoms with Crippen LogP contribution in [0.2, 0.25) is 0 Å². The molecule has 0 bridgehead atoms. The van der Waals surface area contributed by atoms with Crippen LogP contribution in [0.4, 0.5) is 13.2 Å². The number of aryl methyl sites for hydroxylation is 1. The summed E-state index contributed by atoms with van der Waals surface area (Å²) in [6.45, 7) is 0. The molecule has 8 nitrogen and oxygen atoms in total. The van der Waals surface area contributed by atoms with E-state index in [-0.39, 0.29) is 17.1 Å². The predicted octanol–water partition coefficient (Wildman–Crippen LogP) is 4.21. The fraction of sp³-hybridized carbons (Fsp3) is 0.136. The minimum absolute atomic E-state index is 0.132. The van der Waals surface area contributed by atoms with Gasteiger partial charge in [0.2, 0.25) is 9.84 Å². The number of alkyl halides is 3. The number of rotatable bonds is 7. The largest absolute Gasteiger partial charge is 0.573 e. The van der Waals surface area contributed by atoms with Crippen LogP contribution in [0.25, 0.3) is 11.0 Å². The van der Waals surface area contributed by atoms with Crippen molar-refractivity contribution in [3.05, 3.63) is 72.1 Å². The second kappa shape index (κ2) is 8.78. The van der Waals surface area contributed by atoms with E-state index in [2.05, 4.69) is 19.9 Å². The highest BCUT2D eigenvalue weighted by molar-refractivity contribution is 7.91. The molecule has 4 rings (SSSR count). The minimum atomic E-state index is -5.12. The highest BCUT2D eigenvalue weighted by atomic mass is 32.2. The van der Waals surface area contributed by atoms with Crippen LogP contribution < -0.4 is 4.74 Å². The third-order valence-corrected chi connectivity index (χ3v) is 6.72. The number of fused-ring (bicyclic) bond motifs is 1. The first-order valence-electron chi connectivity index (χ1n) is 9.78. The smallest absolute Gasteiger partial charge is 0.508 e. The van der Waals surface area contributed by atoms with Crippen LogP contribution in [-0.4, -0.2) is 40.9 Å². The normalized spacial score (nSPS) is 12.1. The summed E-state index contributed by atoms with van der Waals surface area (Å²) in [7, 11) is -4.44. The number of ketones is 1. The number of nitrogens with one attached hydrogen (secondary N) is 1. The number of benzene rings is 2. The average Bonchev–Trinajstić information content (AvgIpc) is 3.26. The Kier molecular flexibility index (Phi) is 6.00. The molecular weight excluding hydrogens is 475 g/mol. The number of sulfone groups is 1. The Morgan fingerprint density at radius 1 is 1.06 bits per heavy atom. The Labute approximate surface area is 190 Å². The van der Waals surface area contributed by atoms with Crippen molar-refractivity contribution in [1.29, 1.82) is 0 Å². The van der Waals surface area contributed by atoms with Crippen LogP contribution in [0.5, 0.6) is 11.5 Å². The van der Waals surface area contributed by atoms with E-state index in [0.29, 0.717) is 34.6 Å². The summed E-state index contributed by atoms with van der Waals surface area (Å²) in [5.41, 5.74) is 1.62. The zero-order valence-electron chi connectivity index (χ0n) is 17.2. The molecule has 0 unspecified atom stereocenters. The lowest BCUT2D eigenvalue weighted by atomic mass is 10.0. The lowest BCUT2D eigenvalue weighted by Gasteiger charge is -2.14. The maximum atomic E-state index is 12.9. The molecule has 0 fully saturated rings. The number of phenolic OH excluding ortho intramolecular Hbond substituents is 1. The highest BCUT2D eigenvalue weighted by Crippen LogP contribution is 2.35. The fourth-order valence-electron chi connectivity index (χ4n) is 3.27. The summed E-state index contributed by atoms with van der Waals surface area (Å²) in [6.07, 6.45) is -1.69. The van der Waals surface area contributed by atoms with E-state index in [1.165, 1.54) is 30.5 Å². The Morgan fingerprint density at radius 2 is 1.79 bits per heavy atom. The molecule has 0 saturated heterocycles. The molecule has 2 N–H and O–H groups in total. The van der Waals surface area contributed by atoms with Gasteiger partial charge in [-0.2, -0.15) is 5.10 Å². The van der Waals surface area contributed by atoms with Crippen LogP contribution in [0.3, 0.4) is 0 Å². The van der Waals surface area contributed by atoms with Crippen molar-refractivity contribution in [3.8, 4) is 11.5 Å². The zero-order valence-corrected chi connectivity index (χ0v) is 18.0. The molecule has 0 spiro atoms. The summed E-state index contributed by atoms with van der Waals surface area (Å²) >= 11 is 0. The van der Waals surface area contributed by atoms with E-state index in [1.54, 1.807) is 12.3 Å². The summed E-state index contributed by atoms with van der Waals surface area (Å²) < 4.78 is 67.7. The van der Waals surface area contributed by atoms with Crippen LogP contribution in [0.15, 0.2) is 70.7 Å². The monoisotopic (exact) mass is 491 g/mol. The standard InChI is InChI=1S/C22H16F3N3O5S/c23-22(24,25)33-19-8-4-16(29)10-20(19)34(31,32)17-5-1-13(2-6-17)3-7-18(30)14-9-15-12-27-28-21(15)26-11-14/h1-2,4-6,8-12,29H,3,7H2,(H,26,27,28). The number of phenols is 1. The first kappa shape index (κ1) is 23.2. The first-order chi connectivity index (χ1) is 16.0. The molecule has 34 heavy (non-hydrogen) atoms. The van der Waals surface area contributed by atoms with Gasteiger partial charge in [0.25, 0.3) is 0 Å². The highest BCUT2D eigenvalue weighted by Gasteiger charge is 2.34. The number of aromatic hydroxyl groups is 1. The van der Waals surface area contributed by atoms with Gasteiger partial charge in [0.1, 0.15) is 16.4 Å². The molecule has 0 amide bonds. The summed E-state index contributed by atoms with van der Waals surface area (Å²) in [6, 6.07) is 9.33. The van der Waals surface area contributed by atoms with Crippen LogP contribution >= 0.6 is 0 Å². The van der Waals surface area contributed by atoms with Gasteiger partial charge in [-0.3, -0.25) is 9.89 Å². The quantitative estimate of drug-likeness (QED) is 0.371. The van der Waals surface area contributed by atoms with Gasteiger partial charge in [0, 0.05) is 29.6 Å². The maximum Gasteiger partial charge on any atom is 0.573 e. The van der Waals surface area contributed by atoms with Crippen molar-refractivity contribution in [2.75, 3.05) is 0 Å². The van der Waals surface area contributed by atoms with E-state index in [9.17, 15) is 31.5 Å². The number of pyridine rings is 1. The molecule has 2 aromatic heterocycles. The summed E-state index contributed by atoms with van der Waals surface area (Å²) in [5, 5.41) is 16.8. The van der Waals surface area contributed by atoms with Crippen molar-refractivity contribution in [2.24, 2.45) is 0 Å². The number of aromatic nitrogens is 3. The van der Waals surface area contributed by atoms with E-state index in [1.807, 2.05) is 0 Å². The van der Waals surface area contributed by atoms with E-state index in [0.717, 1.165) is 12.1 Å². The number of aromatic amines is 1. The molecule has 0 atom stereocenters. The van der Waals surface area contributed by atoms with Gasteiger partial charge < -0.3 is 9.84 Å². The predicted molar refractivity (Wildman–Crippen MR) is 113 cm³/mol. The van der Waals surface area contributed by atoms with Crippen molar-refractivity contribution in [3.63, 3.8) is 0 Å². The molecule has 0 radical (unpaired) electrons. The topological polar surface area (TPSA) is 122 Å². The minimum Gasteiger partial charge on any atom is -0.508 e. The van der Waals surface area contributed by atoms with Gasteiger partial charge in [-0.15, -0.1) is 13.2 Å². The Bertz CT molecular complexity index is 1470. The Balaban J connectivity index is 1.51. The molecular formula is C22H16F3N3O5S. The van der Waals surface area contributed by atoms with Crippen molar-refractivity contribution < 1.29 is 36.2 Å². The third-order valence-electron chi connectivity index (χ3n) is 4.93. The first-order valence-corrected chi connectivity index (χ1v) is 11.3. The Morgan fingerprint density at radius 3 is 2.50 bits per heavy atom. The molecule has 2 aromatic carbocycles. The lowest BCUT2D eigenvalue weighted by Crippen LogP contribution is -2.19. The number of hydrogen-bond acceptors (Lipinski definition) is 7. The van der Waals surface area contributed by atoms with Gasteiger partial charge in [-0.05, 0) is 42.3 Å².